The summed E-state index contributed by atoms with van der Waals surface area (Å²) in [5, 5.41) is 1.93. The normalized spacial score (nSPS) is 15.9. The molecule has 6 aromatic rings. The zero-order chi connectivity index (χ0) is 30.5. The molecule has 4 aromatic heterocycles. The molecule has 2 atom stereocenters. The molecule has 6 nitrogen and oxygen atoms in total. The predicted molar refractivity (Wildman–Crippen MR) is 175 cm³/mol. The second-order valence-electron chi connectivity index (χ2n) is 10.9. The Hall–Kier alpha value is -4.58. The van der Waals surface area contributed by atoms with Gasteiger partial charge in [0.1, 0.15) is 34.3 Å². The standard InChI is InChI=1S/C17H11ClFN3.C17H12ClFN2O.CH4/c1-20-9-11-7-10-5-6-16(18)21-17(10)15-8-12-13(19)3-2-4-14(12)22(11)15;18-16-5-4-10-8-11(6-7-22)21-14-3-1-2-13(19)12(14)9-15(21)17(10)20-16;/h2-6,8,11H,7,9H2;1-5,7,9,11H,6,8H2;1H4. The number of hydrogen-bond acceptors (Lipinski definition) is 3. The van der Waals surface area contributed by atoms with E-state index in [2.05, 4.69) is 14.8 Å². The fourth-order valence-corrected chi connectivity index (χ4v) is 6.82. The summed E-state index contributed by atoms with van der Waals surface area (Å²) < 4.78 is 32.3. The first-order chi connectivity index (χ1) is 21.4. The Bertz CT molecular complexity index is 2150. The lowest BCUT2D eigenvalue weighted by atomic mass is 9.96. The van der Waals surface area contributed by atoms with Crippen molar-refractivity contribution in [1.82, 2.24) is 19.1 Å². The average Bonchev–Trinajstić information content (AvgIpc) is 3.61. The van der Waals surface area contributed by atoms with Crippen molar-refractivity contribution < 1.29 is 13.6 Å². The molecule has 45 heavy (non-hydrogen) atoms. The molecule has 2 unspecified atom stereocenters. The predicted octanol–water partition coefficient (Wildman–Crippen LogP) is 9.33. The van der Waals surface area contributed by atoms with Crippen molar-refractivity contribution >= 4 is 51.3 Å². The molecule has 0 N–H and O–H groups in total. The highest BCUT2D eigenvalue weighted by Crippen LogP contribution is 2.41. The third kappa shape index (κ3) is 5.16. The number of aromatic nitrogens is 4. The van der Waals surface area contributed by atoms with Crippen LogP contribution in [-0.2, 0) is 17.6 Å². The number of rotatable bonds is 3. The Morgan fingerprint density at radius 2 is 1.29 bits per heavy atom. The summed E-state index contributed by atoms with van der Waals surface area (Å²) in [6, 6.07) is 21.0. The first-order valence-electron chi connectivity index (χ1n) is 14.0. The summed E-state index contributed by atoms with van der Waals surface area (Å²) in [4.78, 5) is 23.4. The molecule has 0 saturated carbocycles. The summed E-state index contributed by atoms with van der Waals surface area (Å²) in [5.74, 6) is -0.530. The molecule has 2 aliphatic rings. The third-order valence-electron chi connectivity index (χ3n) is 8.35. The highest BCUT2D eigenvalue weighted by Gasteiger charge is 2.30. The van der Waals surface area contributed by atoms with E-state index in [1.54, 1.807) is 30.3 Å². The lowest BCUT2D eigenvalue weighted by molar-refractivity contribution is -0.108. The van der Waals surface area contributed by atoms with Crippen molar-refractivity contribution in [2.75, 3.05) is 6.54 Å². The summed E-state index contributed by atoms with van der Waals surface area (Å²) in [6.45, 7) is 7.56. The first kappa shape index (κ1) is 30.4. The second kappa shape index (κ2) is 12.1. The maximum atomic E-state index is 14.1. The molecule has 0 bridgehead atoms. The van der Waals surface area contributed by atoms with E-state index in [1.165, 1.54) is 12.1 Å². The van der Waals surface area contributed by atoms with Gasteiger partial charge < -0.3 is 18.8 Å². The van der Waals surface area contributed by atoms with Crippen LogP contribution in [0.3, 0.4) is 0 Å². The Labute approximate surface area is 268 Å². The number of carbonyl (C=O) groups excluding carboxylic acids is 1. The third-order valence-corrected chi connectivity index (χ3v) is 8.77. The van der Waals surface area contributed by atoms with Crippen LogP contribution in [0.5, 0.6) is 0 Å². The molecule has 226 valence electrons. The number of benzene rings is 2. The Kier molecular flexibility index (Phi) is 8.17. The molecule has 2 aliphatic heterocycles. The van der Waals surface area contributed by atoms with Crippen molar-refractivity contribution in [2.24, 2.45) is 0 Å². The van der Waals surface area contributed by atoms with E-state index in [4.69, 9.17) is 29.8 Å². The number of halogens is 4. The molecular formula is C35H27Cl2F2N5O. The highest BCUT2D eigenvalue weighted by molar-refractivity contribution is 6.29. The minimum atomic E-state index is -0.271. The summed E-state index contributed by atoms with van der Waals surface area (Å²) >= 11 is 12.0. The van der Waals surface area contributed by atoms with E-state index >= 15 is 0 Å². The molecule has 0 amide bonds. The minimum Gasteiger partial charge on any atom is -0.335 e. The van der Waals surface area contributed by atoms with Gasteiger partial charge in [-0.05, 0) is 66.1 Å². The van der Waals surface area contributed by atoms with Crippen molar-refractivity contribution in [3.05, 3.63) is 117 Å². The monoisotopic (exact) mass is 641 g/mol. The number of pyridine rings is 2. The summed E-state index contributed by atoms with van der Waals surface area (Å²) in [6.07, 6.45) is 2.68. The molecule has 0 radical (unpaired) electrons. The van der Waals surface area contributed by atoms with Crippen LogP contribution in [0.1, 0.15) is 37.1 Å². The van der Waals surface area contributed by atoms with Crippen molar-refractivity contribution in [3.8, 4) is 22.8 Å². The second-order valence-corrected chi connectivity index (χ2v) is 11.7. The van der Waals surface area contributed by atoms with Crippen molar-refractivity contribution in [3.63, 3.8) is 0 Å². The van der Waals surface area contributed by atoms with Gasteiger partial charge >= 0.3 is 0 Å². The molecule has 2 aromatic carbocycles. The molecule has 0 aliphatic carbocycles. The van der Waals surface area contributed by atoms with E-state index < -0.39 is 0 Å². The van der Waals surface area contributed by atoms with E-state index in [-0.39, 0.29) is 31.1 Å². The number of fused-ring (bicyclic) bond motifs is 10. The average molecular weight is 643 g/mol. The van der Waals surface area contributed by atoms with Crippen LogP contribution in [-0.4, -0.2) is 31.9 Å². The highest BCUT2D eigenvalue weighted by atomic mass is 35.5. The minimum absolute atomic E-state index is 0. The zero-order valence-corrected chi connectivity index (χ0v) is 24.7. The Balaban J connectivity index is 0.000000155. The number of carbonyl (C=O) groups is 1. The Morgan fingerprint density at radius 3 is 1.78 bits per heavy atom. The largest absolute Gasteiger partial charge is 0.335 e. The van der Waals surface area contributed by atoms with E-state index in [9.17, 15) is 13.6 Å². The van der Waals surface area contributed by atoms with Gasteiger partial charge in [-0.25, -0.2) is 25.3 Å². The fraction of sp³-hybridized carbons (Fsp3) is 0.200. The van der Waals surface area contributed by atoms with Gasteiger partial charge in [0.25, 0.3) is 0 Å². The van der Waals surface area contributed by atoms with Crippen LogP contribution in [0.15, 0.2) is 72.8 Å². The van der Waals surface area contributed by atoms with Gasteiger partial charge in [-0.2, -0.15) is 0 Å². The zero-order valence-electron chi connectivity index (χ0n) is 23.1. The van der Waals surface area contributed by atoms with E-state index in [0.29, 0.717) is 46.9 Å². The fourth-order valence-electron chi connectivity index (χ4n) is 6.52. The Morgan fingerprint density at radius 1 is 0.800 bits per heavy atom. The number of aldehydes is 1. The van der Waals surface area contributed by atoms with Gasteiger partial charge in [-0.1, -0.05) is 54.9 Å². The first-order valence-corrected chi connectivity index (χ1v) is 14.8. The molecule has 6 heterocycles. The maximum absolute atomic E-state index is 14.1. The van der Waals surface area contributed by atoms with Gasteiger partial charge in [0.15, 0.2) is 0 Å². The van der Waals surface area contributed by atoms with E-state index in [0.717, 1.165) is 51.2 Å². The molecule has 0 spiro atoms. The van der Waals surface area contributed by atoms with Crippen molar-refractivity contribution in [2.45, 2.75) is 38.8 Å². The van der Waals surface area contributed by atoms with Crippen LogP contribution in [0, 0.1) is 18.2 Å². The lowest BCUT2D eigenvalue weighted by Crippen LogP contribution is -2.21. The topological polar surface area (TPSA) is 57.1 Å². The number of hydrogen-bond donors (Lipinski definition) is 0. The maximum Gasteiger partial charge on any atom is 0.235 e. The van der Waals surface area contributed by atoms with Gasteiger partial charge in [0.05, 0.1) is 33.8 Å². The smallest absolute Gasteiger partial charge is 0.235 e. The molecule has 8 rings (SSSR count). The van der Waals surface area contributed by atoms with Crippen molar-refractivity contribution in [1.29, 1.82) is 0 Å². The summed E-state index contributed by atoms with van der Waals surface area (Å²) in [5.41, 5.74) is 6.87. The van der Waals surface area contributed by atoms with Gasteiger partial charge in [-0.3, -0.25) is 0 Å². The SMILES string of the molecule is C.O=CCC1Cc2ccc(Cl)nc2-c2cc3c(F)cccc3n21.[C-]#[N+]CC1Cc2ccc(Cl)nc2-c2cc3c(F)cccc3n21. The van der Waals surface area contributed by atoms with Crippen LogP contribution in [0.2, 0.25) is 10.3 Å². The lowest BCUT2D eigenvalue weighted by Gasteiger charge is -2.27. The van der Waals surface area contributed by atoms with Gasteiger partial charge in [0, 0.05) is 29.7 Å². The molecule has 0 fully saturated rings. The van der Waals surface area contributed by atoms with Crippen LogP contribution in [0.25, 0.3) is 49.4 Å². The van der Waals surface area contributed by atoms with Gasteiger partial charge in [0.2, 0.25) is 6.54 Å². The van der Waals surface area contributed by atoms with E-state index in [1.807, 2.05) is 39.5 Å². The number of nitrogens with zero attached hydrogens (tertiary/aromatic N) is 5. The van der Waals surface area contributed by atoms with Crippen LogP contribution >= 0.6 is 23.2 Å². The van der Waals surface area contributed by atoms with Crippen LogP contribution < -0.4 is 0 Å². The van der Waals surface area contributed by atoms with Gasteiger partial charge in [-0.15, -0.1) is 0 Å². The molecule has 0 saturated heterocycles. The quantitative estimate of drug-likeness (QED) is 0.110. The van der Waals surface area contributed by atoms with Crippen LogP contribution in [0.4, 0.5) is 8.78 Å². The molecule has 10 heteroatoms. The molecular weight excluding hydrogens is 615 g/mol. The summed E-state index contributed by atoms with van der Waals surface area (Å²) in [7, 11) is 0.